The van der Waals surface area contributed by atoms with Crippen molar-refractivity contribution in [2.75, 3.05) is 0 Å². The summed E-state index contributed by atoms with van der Waals surface area (Å²) < 4.78 is 12.2. The number of hydrogen-bond acceptors (Lipinski definition) is 0. The summed E-state index contributed by atoms with van der Waals surface area (Å²) in [6.07, 6.45) is 5.03. The highest BCUT2D eigenvalue weighted by Crippen LogP contribution is 1.99. The molecular weight excluding hydrogens is 195 g/mol. The topological polar surface area (TPSA) is 0 Å². The molecule has 0 bridgehead atoms. The van der Waals surface area contributed by atoms with Gasteiger partial charge >= 0.3 is 0 Å². The van der Waals surface area contributed by atoms with Crippen molar-refractivity contribution in [1.82, 2.24) is 0 Å². The van der Waals surface area contributed by atoms with Crippen LogP contribution in [0.1, 0.15) is 5.56 Å². The molecule has 0 unspecified atom stereocenters. The van der Waals surface area contributed by atoms with Gasteiger partial charge in [0.25, 0.3) is 0 Å². The van der Waals surface area contributed by atoms with Crippen molar-refractivity contribution >= 4 is 17.0 Å². The number of rotatable bonds is 0. The van der Waals surface area contributed by atoms with Crippen molar-refractivity contribution in [3.05, 3.63) is 35.6 Å². The maximum absolute atomic E-state index is 12.2. The van der Waals surface area contributed by atoms with Crippen LogP contribution in [0.15, 0.2) is 24.3 Å². The summed E-state index contributed by atoms with van der Waals surface area (Å²) in [5.41, 5.74) is 0.705. The molecule has 1 rings (SSSR count). The van der Waals surface area contributed by atoms with Crippen LogP contribution >= 0.6 is 17.0 Å². The molecule has 2 heteroatoms. The molecule has 1 aromatic carbocycles. The lowest BCUT2D eigenvalue weighted by atomic mass is 10.2. The van der Waals surface area contributed by atoms with Crippen LogP contribution in [-0.2, 0) is 0 Å². The minimum Gasteiger partial charge on any atom is -0.207 e. The van der Waals surface area contributed by atoms with E-state index in [-0.39, 0.29) is 22.8 Å². The Morgan fingerprint density at radius 3 is 2.10 bits per heavy atom. The van der Waals surface area contributed by atoms with Gasteiger partial charge in [-0.15, -0.1) is 23.4 Å². The van der Waals surface area contributed by atoms with Gasteiger partial charge in [-0.05, 0) is 24.3 Å². The predicted molar refractivity (Wildman–Crippen MR) is 44.7 cm³/mol. The standard InChI is InChI=1S/C8H5F.BrH/c1-2-7-3-5-8(9)6-4-7;/h1,3-6H;1H. The van der Waals surface area contributed by atoms with Crippen molar-refractivity contribution in [2.45, 2.75) is 0 Å². The Morgan fingerprint density at radius 2 is 1.70 bits per heavy atom. The van der Waals surface area contributed by atoms with Gasteiger partial charge < -0.3 is 0 Å². The lowest BCUT2D eigenvalue weighted by molar-refractivity contribution is 0.627. The summed E-state index contributed by atoms with van der Waals surface area (Å²) in [5, 5.41) is 0. The molecule has 0 atom stereocenters. The van der Waals surface area contributed by atoms with Crippen molar-refractivity contribution in [1.29, 1.82) is 0 Å². The second-order valence-electron chi connectivity index (χ2n) is 1.65. The Morgan fingerprint density at radius 1 is 1.20 bits per heavy atom. The van der Waals surface area contributed by atoms with Crippen LogP contribution in [-0.4, -0.2) is 0 Å². The van der Waals surface area contributed by atoms with E-state index < -0.39 is 0 Å². The first-order valence-corrected chi connectivity index (χ1v) is 2.55. The molecule has 0 radical (unpaired) electrons. The Hall–Kier alpha value is -0.810. The fourth-order valence-corrected chi connectivity index (χ4v) is 0.546. The minimum absolute atomic E-state index is 0. The molecule has 0 aliphatic carbocycles. The first-order valence-electron chi connectivity index (χ1n) is 2.55. The average molecular weight is 201 g/mol. The van der Waals surface area contributed by atoms with Crippen LogP contribution < -0.4 is 0 Å². The molecule has 0 aliphatic heterocycles. The molecular formula is C8H6BrF. The smallest absolute Gasteiger partial charge is 0.123 e. The van der Waals surface area contributed by atoms with E-state index in [1.165, 1.54) is 12.1 Å². The SMILES string of the molecule is Br.C#Cc1ccc(F)cc1. The van der Waals surface area contributed by atoms with E-state index in [0.717, 1.165) is 0 Å². The summed E-state index contributed by atoms with van der Waals surface area (Å²) in [6, 6.07) is 5.81. The summed E-state index contributed by atoms with van der Waals surface area (Å²) in [6.45, 7) is 0. The zero-order valence-corrected chi connectivity index (χ0v) is 6.89. The lowest BCUT2D eigenvalue weighted by Gasteiger charge is -1.86. The van der Waals surface area contributed by atoms with Crippen LogP contribution in [0.5, 0.6) is 0 Å². The van der Waals surface area contributed by atoms with Crippen molar-refractivity contribution in [2.24, 2.45) is 0 Å². The van der Waals surface area contributed by atoms with E-state index in [4.69, 9.17) is 6.42 Å². The van der Waals surface area contributed by atoms with Gasteiger partial charge in [-0.2, -0.15) is 0 Å². The summed E-state index contributed by atoms with van der Waals surface area (Å²) in [5.74, 6) is 2.13. The van der Waals surface area contributed by atoms with Gasteiger partial charge in [0.05, 0.1) is 0 Å². The molecule has 52 valence electrons. The molecule has 1 aromatic rings. The molecule has 0 fully saturated rings. The molecule has 0 N–H and O–H groups in total. The van der Waals surface area contributed by atoms with E-state index in [0.29, 0.717) is 5.56 Å². The zero-order valence-electron chi connectivity index (χ0n) is 5.17. The van der Waals surface area contributed by atoms with E-state index in [9.17, 15) is 4.39 Å². The second kappa shape index (κ2) is 4.08. The number of benzene rings is 1. The third-order valence-corrected chi connectivity index (χ3v) is 1.01. The van der Waals surface area contributed by atoms with Crippen LogP contribution in [0.3, 0.4) is 0 Å². The van der Waals surface area contributed by atoms with Crippen LogP contribution in [0, 0.1) is 18.2 Å². The number of hydrogen-bond donors (Lipinski definition) is 0. The van der Waals surface area contributed by atoms with E-state index >= 15 is 0 Å². The van der Waals surface area contributed by atoms with Crippen molar-refractivity contribution in [3.63, 3.8) is 0 Å². The summed E-state index contributed by atoms with van der Waals surface area (Å²) in [4.78, 5) is 0. The number of terminal acetylenes is 1. The second-order valence-corrected chi connectivity index (χ2v) is 1.65. The summed E-state index contributed by atoms with van der Waals surface area (Å²) >= 11 is 0. The van der Waals surface area contributed by atoms with Gasteiger partial charge in [0.1, 0.15) is 5.82 Å². The third kappa shape index (κ3) is 2.20. The molecule has 0 heterocycles. The Labute approximate surface area is 69.8 Å². The van der Waals surface area contributed by atoms with Gasteiger partial charge in [-0.25, -0.2) is 4.39 Å². The summed E-state index contributed by atoms with van der Waals surface area (Å²) in [7, 11) is 0. The first kappa shape index (κ1) is 9.19. The fraction of sp³-hybridized carbons (Fsp3) is 0. The van der Waals surface area contributed by atoms with Gasteiger partial charge in [0.2, 0.25) is 0 Å². The molecule has 0 amide bonds. The van der Waals surface area contributed by atoms with Crippen LogP contribution in [0.25, 0.3) is 0 Å². The van der Waals surface area contributed by atoms with Crippen molar-refractivity contribution < 1.29 is 4.39 Å². The van der Waals surface area contributed by atoms with Gasteiger partial charge in [-0.3, -0.25) is 0 Å². The maximum atomic E-state index is 12.2. The van der Waals surface area contributed by atoms with E-state index in [1.807, 2.05) is 0 Å². The molecule has 0 saturated heterocycles. The molecule has 0 nitrogen and oxygen atoms in total. The highest BCUT2D eigenvalue weighted by atomic mass is 79.9. The van der Waals surface area contributed by atoms with Gasteiger partial charge in [-0.1, -0.05) is 5.92 Å². The minimum atomic E-state index is -0.256. The van der Waals surface area contributed by atoms with Crippen molar-refractivity contribution in [3.8, 4) is 12.3 Å². The molecule has 10 heavy (non-hydrogen) atoms. The normalized spacial score (nSPS) is 7.60. The van der Waals surface area contributed by atoms with Crippen LogP contribution in [0.2, 0.25) is 0 Å². The largest absolute Gasteiger partial charge is 0.207 e. The highest BCUT2D eigenvalue weighted by molar-refractivity contribution is 8.93. The predicted octanol–water partition coefficient (Wildman–Crippen LogP) is 2.38. The van der Waals surface area contributed by atoms with Crippen LogP contribution in [0.4, 0.5) is 4.39 Å². The monoisotopic (exact) mass is 200 g/mol. The van der Waals surface area contributed by atoms with Gasteiger partial charge in [0.15, 0.2) is 0 Å². The Kier molecular flexibility index (Phi) is 3.75. The molecule has 0 aromatic heterocycles. The third-order valence-electron chi connectivity index (χ3n) is 1.01. The number of halogens is 2. The molecule has 0 aliphatic rings. The van der Waals surface area contributed by atoms with E-state index in [2.05, 4.69) is 5.92 Å². The first-order chi connectivity index (χ1) is 4.33. The highest BCUT2D eigenvalue weighted by Gasteiger charge is 1.86. The fourth-order valence-electron chi connectivity index (χ4n) is 0.546. The molecule has 0 spiro atoms. The Bertz CT molecular complexity index is 232. The van der Waals surface area contributed by atoms with Gasteiger partial charge in [0, 0.05) is 5.56 Å². The Balaban J connectivity index is 0.000000810. The zero-order chi connectivity index (χ0) is 6.69. The molecule has 0 saturated carbocycles. The maximum Gasteiger partial charge on any atom is 0.123 e. The lowest BCUT2D eigenvalue weighted by Crippen LogP contribution is -1.73. The quantitative estimate of drug-likeness (QED) is 0.565. The van der Waals surface area contributed by atoms with E-state index in [1.54, 1.807) is 12.1 Å². The average Bonchev–Trinajstić information content (AvgIpc) is 1.90.